The first-order chi connectivity index (χ1) is 14.3. The average molecular weight is 437 g/mol. The van der Waals surface area contributed by atoms with Gasteiger partial charge < -0.3 is 18.9 Å². The monoisotopic (exact) mass is 437 g/mol. The molecule has 162 valence electrons. The molecule has 2 aromatic rings. The van der Waals surface area contributed by atoms with Gasteiger partial charge >= 0.3 is 0 Å². The highest BCUT2D eigenvalue weighted by Crippen LogP contribution is 2.29. The van der Waals surface area contributed by atoms with Crippen LogP contribution in [0.5, 0.6) is 23.0 Å². The zero-order valence-corrected chi connectivity index (χ0v) is 17.8. The van der Waals surface area contributed by atoms with Crippen molar-refractivity contribution in [3.63, 3.8) is 0 Å². The number of nitrogens with zero attached hydrogens (tertiary/aromatic N) is 1. The first kappa shape index (κ1) is 23.0. The molecule has 0 aliphatic carbocycles. The second-order valence-electron chi connectivity index (χ2n) is 5.74. The van der Waals surface area contributed by atoms with Gasteiger partial charge in [-0.05, 0) is 24.3 Å². The van der Waals surface area contributed by atoms with Crippen LogP contribution in [0.1, 0.15) is 5.56 Å². The maximum absolute atomic E-state index is 12.4. The molecular formula is C19H23N3O7S. The van der Waals surface area contributed by atoms with E-state index < -0.39 is 22.5 Å². The number of hydrogen-bond acceptors (Lipinski definition) is 8. The first-order valence-corrected chi connectivity index (χ1v) is 10.1. The van der Waals surface area contributed by atoms with Crippen LogP contribution in [0.3, 0.4) is 0 Å². The molecule has 11 heteroatoms. The minimum absolute atomic E-state index is 0.0700. The zero-order valence-electron chi connectivity index (χ0n) is 17.0. The minimum atomic E-state index is -3.94. The van der Waals surface area contributed by atoms with Crippen molar-refractivity contribution in [2.24, 2.45) is 5.10 Å². The maximum atomic E-state index is 12.4. The summed E-state index contributed by atoms with van der Waals surface area (Å²) in [6, 6.07) is 9.18. The average Bonchev–Trinajstić information content (AvgIpc) is 2.77. The molecule has 0 radical (unpaired) electrons. The number of methoxy groups -OCH3 is 4. The van der Waals surface area contributed by atoms with Gasteiger partial charge in [-0.3, -0.25) is 4.79 Å². The highest BCUT2D eigenvalue weighted by atomic mass is 32.2. The molecule has 0 unspecified atom stereocenters. The topological polar surface area (TPSA) is 125 Å². The number of amides is 1. The third-order valence-electron chi connectivity index (χ3n) is 3.92. The van der Waals surface area contributed by atoms with Gasteiger partial charge in [-0.1, -0.05) is 0 Å². The van der Waals surface area contributed by atoms with Crippen molar-refractivity contribution in [3.05, 3.63) is 42.0 Å². The fourth-order valence-electron chi connectivity index (χ4n) is 2.37. The second kappa shape index (κ2) is 10.5. The van der Waals surface area contributed by atoms with E-state index in [0.717, 1.165) is 0 Å². The van der Waals surface area contributed by atoms with Crippen molar-refractivity contribution in [3.8, 4) is 23.0 Å². The van der Waals surface area contributed by atoms with E-state index >= 15 is 0 Å². The van der Waals surface area contributed by atoms with Gasteiger partial charge in [0.25, 0.3) is 5.91 Å². The van der Waals surface area contributed by atoms with Gasteiger partial charge in [0.05, 0.1) is 46.1 Å². The van der Waals surface area contributed by atoms with Crippen molar-refractivity contribution in [2.45, 2.75) is 4.90 Å². The van der Waals surface area contributed by atoms with E-state index in [2.05, 4.69) is 15.2 Å². The van der Waals surface area contributed by atoms with Gasteiger partial charge in [0.2, 0.25) is 10.0 Å². The lowest BCUT2D eigenvalue weighted by Gasteiger charge is -2.10. The van der Waals surface area contributed by atoms with E-state index in [1.807, 2.05) is 0 Å². The van der Waals surface area contributed by atoms with E-state index in [0.29, 0.717) is 22.8 Å². The Bertz CT molecular complexity index is 1020. The number of nitrogens with one attached hydrogen (secondary N) is 2. The highest BCUT2D eigenvalue weighted by molar-refractivity contribution is 7.89. The summed E-state index contributed by atoms with van der Waals surface area (Å²) in [5, 5.41) is 3.81. The summed E-state index contributed by atoms with van der Waals surface area (Å²) < 4.78 is 47.5. The van der Waals surface area contributed by atoms with Crippen LogP contribution in [-0.4, -0.2) is 55.5 Å². The standard InChI is InChI=1S/C19H23N3O7S/c1-26-14-6-5-13(17(9-14)28-3)11-20-22-19(23)12-21-30(24,25)15-7-8-16(27-2)18(10-15)29-4/h5-11,21H,12H2,1-4H3,(H,22,23)/b20-11-. The van der Waals surface area contributed by atoms with E-state index in [9.17, 15) is 13.2 Å². The summed E-state index contributed by atoms with van der Waals surface area (Å²) in [6.45, 7) is -0.506. The molecule has 2 N–H and O–H groups in total. The van der Waals surface area contributed by atoms with Crippen LogP contribution in [0, 0.1) is 0 Å². The Morgan fingerprint density at radius 3 is 2.27 bits per heavy atom. The van der Waals surface area contributed by atoms with Crippen LogP contribution in [0.25, 0.3) is 0 Å². The Balaban J connectivity index is 1.98. The summed E-state index contributed by atoms with van der Waals surface area (Å²) in [5.41, 5.74) is 2.85. The fraction of sp³-hybridized carbons (Fsp3) is 0.263. The quantitative estimate of drug-likeness (QED) is 0.422. The molecule has 0 aliphatic heterocycles. The predicted molar refractivity (Wildman–Crippen MR) is 110 cm³/mol. The summed E-state index contributed by atoms with van der Waals surface area (Å²) in [4.78, 5) is 11.9. The summed E-state index contributed by atoms with van der Waals surface area (Å²) in [6.07, 6.45) is 1.37. The molecule has 10 nitrogen and oxygen atoms in total. The molecule has 2 aromatic carbocycles. The lowest BCUT2D eigenvalue weighted by atomic mass is 10.2. The SMILES string of the molecule is COc1ccc(/C=N\NC(=O)CNS(=O)(=O)c2ccc(OC)c(OC)c2)c(OC)c1. The van der Waals surface area contributed by atoms with Crippen molar-refractivity contribution in [1.82, 2.24) is 10.1 Å². The van der Waals surface area contributed by atoms with E-state index in [4.69, 9.17) is 18.9 Å². The number of hydrogen-bond donors (Lipinski definition) is 2. The maximum Gasteiger partial charge on any atom is 0.255 e. The number of benzene rings is 2. The third-order valence-corrected chi connectivity index (χ3v) is 5.32. The Morgan fingerprint density at radius 1 is 0.933 bits per heavy atom. The smallest absolute Gasteiger partial charge is 0.255 e. The lowest BCUT2D eigenvalue weighted by molar-refractivity contribution is -0.119. The molecule has 0 bridgehead atoms. The number of sulfonamides is 1. The number of ether oxygens (including phenoxy) is 4. The van der Waals surface area contributed by atoms with Crippen LogP contribution in [0.2, 0.25) is 0 Å². The van der Waals surface area contributed by atoms with Crippen LogP contribution in [-0.2, 0) is 14.8 Å². The van der Waals surface area contributed by atoms with Crippen molar-refractivity contribution in [1.29, 1.82) is 0 Å². The normalized spacial score (nSPS) is 11.2. The van der Waals surface area contributed by atoms with E-state index in [-0.39, 0.29) is 10.6 Å². The van der Waals surface area contributed by atoms with Crippen LogP contribution < -0.4 is 29.1 Å². The third kappa shape index (κ3) is 5.84. The van der Waals surface area contributed by atoms with Gasteiger partial charge in [-0.25, -0.2) is 18.6 Å². The summed E-state index contributed by atoms with van der Waals surface area (Å²) >= 11 is 0. The Morgan fingerprint density at radius 2 is 1.63 bits per heavy atom. The molecule has 2 rings (SSSR count). The molecule has 0 heterocycles. The molecule has 0 fully saturated rings. The molecule has 0 atom stereocenters. The van der Waals surface area contributed by atoms with Gasteiger partial charge in [-0.15, -0.1) is 0 Å². The number of carbonyl (C=O) groups excluding carboxylic acids is 1. The number of carbonyl (C=O) groups is 1. The Hall–Kier alpha value is -3.31. The Labute approximate surface area is 174 Å². The fourth-order valence-corrected chi connectivity index (χ4v) is 3.36. The van der Waals surface area contributed by atoms with Crippen LogP contribution >= 0.6 is 0 Å². The van der Waals surface area contributed by atoms with Crippen LogP contribution in [0.15, 0.2) is 46.4 Å². The first-order valence-electron chi connectivity index (χ1n) is 8.60. The highest BCUT2D eigenvalue weighted by Gasteiger charge is 2.18. The van der Waals surface area contributed by atoms with E-state index in [1.54, 1.807) is 18.2 Å². The van der Waals surface area contributed by atoms with Crippen molar-refractivity contribution in [2.75, 3.05) is 35.0 Å². The molecule has 30 heavy (non-hydrogen) atoms. The van der Waals surface area contributed by atoms with Gasteiger partial charge in [0.15, 0.2) is 11.5 Å². The lowest BCUT2D eigenvalue weighted by Crippen LogP contribution is -2.34. The van der Waals surface area contributed by atoms with Crippen molar-refractivity contribution >= 4 is 22.1 Å². The molecule has 0 aliphatic rings. The Kier molecular flexibility index (Phi) is 8.01. The summed E-state index contributed by atoms with van der Waals surface area (Å²) in [5.74, 6) is 1.10. The van der Waals surface area contributed by atoms with Crippen molar-refractivity contribution < 1.29 is 32.2 Å². The molecule has 0 saturated carbocycles. The van der Waals surface area contributed by atoms with Gasteiger partial charge in [0.1, 0.15) is 11.5 Å². The minimum Gasteiger partial charge on any atom is -0.497 e. The van der Waals surface area contributed by atoms with Gasteiger partial charge in [-0.2, -0.15) is 5.10 Å². The van der Waals surface area contributed by atoms with Gasteiger partial charge in [0, 0.05) is 17.7 Å². The second-order valence-corrected chi connectivity index (χ2v) is 7.51. The molecule has 1 amide bonds. The zero-order chi connectivity index (χ0) is 22.1. The number of rotatable bonds is 10. The van der Waals surface area contributed by atoms with E-state index in [1.165, 1.54) is 52.9 Å². The molecule has 0 saturated heterocycles. The molecular weight excluding hydrogens is 414 g/mol. The molecule has 0 aromatic heterocycles. The predicted octanol–water partition coefficient (Wildman–Crippen LogP) is 1.15. The number of hydrazone groups is 1. The summed E-state index contributed by atoms with van der Waals surface area (Å²) in [7, 11) is 1.92. The largest absolute Gasteiger partial charge is 0.497 e. The van der Waals surface area contributed by atoms with Crippen LogP contribution in [0.4, 0.5) is 0 Å². The molecule has 0 spiro atoms.